The summed E-state index contributed by atoms with van der Waals surface area (Å²) in [5.74, 6) is 3.27. The molecule has 0 N–H and O–H groups in total. The van der Waals surface area contributed by atoms with E-state index < -0.39 is 9.84 Å². The Hall–Kier alpha value is -1.47. The molecule has 1 aromatic carbocycles. The van der Waals surface area contributed by atoms with Crippen LogP contribution in [0.2, 0.25) is 0 Å². The van der Waals surface area contributed by atoms with Gasteiger partial charge in [0, 0.05) is 10.8 Å². The highest BCUT2D eigenvalue weighted by Gasteiger charge is 1.98. The molecule has 0 aliphatic rings. The van der Waals surface area contributed by atoms with Crippen molar-refractivity contribution in [3.05, 3.63) is 29.3 Å². The van der Waals surface area contributed by atoms with E-state index in [1.165, 1.54) is 0 Å². The van der Waals surface area contributed by atoms with E-state index in [1.54, 1.807) is 19.2 Å². The fourth-order valence-electron chi connectivity index (χ4n) is 1.01. The molecule has 0 aliphatic carbocycles. The van der Waals surface area contributed by atoms with Gasteiger partial charge in [-0.15, -0.1) is 0 Å². The summed E-state index contributed by atoms with van der Waals surface area (Å²) in [4.78, 5) is 0. The average Bonchev–Trinajstić information content (AvgIpc) is 2.15. The summed E-state index contributed by atoms with van der Waals surface area (Å²) in [7, 11) is -1.71. The molecule has 0 bridgehead atoms. The summed E-state index contributed by atoms with van der Waals surface area (Å²) in [6, 6.07) is 5.36. The van der Waals surface area contributed by atoms with Crippen molar-refractivity contribution in [2.75, 3.05) is 13.4 Å². The Morgan fingerprint density at radius 3 is 2.53 bits per heavy atom. The van der Waals surface area contributed by atoms with Crippen molar-refractivity contribution in [3.63, 3.8) is 0 Å². The van der Waals surface area contributed by atoms with Gasteiger partial charge in [0.05, 0.1) is 13.4 Å². The third kappa shape index (κ3) is 3.64. The Bertz CT molecular complexity index is 518. The van der Waals surface area contributed by atoms with Gasteiger partial charge in [-0.2, -0.15) is 0 Å². The lowest BCUT2D eigenvalue weighted by molar-refractivity contribution is 0.414. The topological polar surface area (TPSA) is 43.4 Å². The maximum atomic E-state index is 10.9. The van der Waals surface area contributed by atoms with Gasteiger partial charge in [-0.3, -0.25) is 0 Å². The van der Waals surface area contributed by atoms with Gasteiger partial charge in [0.2, 0.25) is 9.84 Å². The number of benzene rings is 1. The normalized spacial score (nSPS) is 10.3. The van der Waals surface area contributed by atoms with Gasteiger partial charge in [0.1, 0.15) is 5.75 Å². The monoisotopic (exact) mass is 224 g/mol. The van der Waals surface area contributed by atoms with Crippen molar-refractivity contribution in [1.82, 2.24) is 0 Å². The quantitative estimate of drug-likeness (QED) is 0.676. The second kappa shape index (κ2) is 4.37. The molecule has 0 amide bonds. The first-order valence-corrected chi connectivity index (χ1v) is 6.19. The van der Waals surface area contributed by atoms with E-state index in [0.29, 0.717) is 11.3 Å². The van der Waals surface area contributed by atoms with Crippen LogP contribution in [0.3, 0.4) is 0 Å². The summed E-state index contributed by atoms with van der Waals surface area (Å²) >= 11 is 0. The molecule has 0 spiro atoms. The molecule has 0 heterocycles. The van der Waals surface area contributed by atoms with Crippen LogP contribution in [0.15, 0.2) is 18.2 Å². The standard InChI is InChI=1S/C11H12O3S/c1-9-4-5-11(14-2)8-10(9)6-7-15(3,12)13/h4-5,8H,1-3H3. The lowest BCUT2D eigenvalue weighted by atomic mass is 10.1. The minimum absolute atomic E-state index is 0.665. The molecule has 0 radical (unpaired) electrons. The van der Waals surface area contributed by atoms with Gasteiger partial charge in [-0.1, -0.05) is 6.07 Å². The lowest BCUT2D eigenvalue weighted by Crippen LogP contribution is -1.91. The second-order valence-electron chi connectivity index (χ2n) is 3.18. The number of ether oxygens (including phenoxy) is 1. The van der Waals surface area contributed by atoms with Crippen LogP contribution in [0, 0.1) is 18.1 Å². The summed E-state index contributed by atoms with van der Waals surface area (Å²) in [6.45, 7) is 1.87. The Kier molecular flexibility index (Phi) is 3.38. The van der Waals surface area contributed by atoms with Crippen LogP contribution in [0.5, 0.6) is 5.75 Å². The lowest BCUT2D eigenvalue weighted by Gasteiger charge is -2.02. The highest BCUT2D eigenvalue weighted by molar-refractivity contribution is 7.95. The SMILES string of the molecule is COc1ccc(C)c(C#CS(C)(=O)=O)c1. The molecule has 80 valence electrons. The molecular formula is C11H12O3S. The molecule has 3 nitrogen and oxygen atoms in total. The van der Waals surface area contributed by atoms with Crippen LogP contribution in [-0.2, 0) is 9.84 Å². The molecule has 0 aromatic heterocycles. The van der Waals surface area contributed by atoms with E-state index in [2.05, 4.69) is 11.2 Å². The molecule has 0 atom stereocenters. The zero-order chi connectivity index (χ0) is 11.5. The molecule has 4 heteroatoms. The van der Waals surface area contributed by atoms with Crippen molar-refractivity contribution < 1.29 is 13.2 Å². The molecule has 1 aromatic rings. The first kappa shape index (κ1) is 11.6. The Morgan fingerprint density at radius 2 is 2.00 bits per heavy atom. The molecule has 0 saturated heterocycles. The van der Waals surface area contributed by atoms with E-state index in [4.69, 9.17) is 4.74 Å². The maximum Gasteiger partial charge on any atom is 0.214 e. The van der Waals surface area contributed by atoms with E-state index in [0.717, 1.165) is 11.8 Å². The highest BCUT2D eigenvalue weighted by atomic mass is 32.2. The van der Waals surface area contributed by atoms with E-state index >= 15 is 0 Å². The summed E-state index contributed by atoms with van der Waals surface area (Å²) in [5.41, 5.74) is 1.59. The summed E-state index contributed by atoms with van der Waals surface area (Å²) in [6.07, 6.45) is 1.08. The molecule has 0 saturated carbocycles. The van der Waals surface area contributed by atoms with E-state index in [9.17, 15) is 8.42 Å². The average molecular weight is 224 g/mol. The molecule has 0 aliphatic heterocycles. The first-order valence-electron chi connectivity index (χ1n) is 4.30. The van der Waals surface area contributed by atoms with E-state index in [-0.39, 0.29) is 0 Å². The maximum absolute atomic E-state index is 10.9. The molecule has 0 fully saturated rings. The molecular weight excluding hydrogens is 212 g/mol. The minimum atomic E-state index is -3.26. The van der Waals surface area contributed by atoms with Crippen LogP contribution >= 0.6 is 0 Å². The van der Waals surface area contributed by atoms with Crippen LogP contribution < -0.4 is 4.74 Å². The number of hydrogen-bond acceptors (Lipinski definition) is 3. The van der Waals surface area contributed by atoms with Crippen LogP contribution in [0.1, 0.15) is 11.1 Å². The minimum Gasteiger partial charge on any atom is -0.497 e. The number of rotatable bonds is 1. The summed E-state index contributed by atoms with van der Waals surface area (Å²) < 4.78 is 26.8. The van der Waals surface area contributed by atoms with Gasteiger partial charge >= 0.3 is 0 Å². The zero-order valence-electron chi connectivity index (χ0n) is 8.87. The Balaban J connectivity index is 3.18. The van der Waals surface area contributed by atoms with Crippen molar-refractivity contribution in [3.8, 4) is 16.9 Å². The van der Waals surface area contributed by atoms with Crippen molar-refractivity contribution in [2.45, 2.75) is 6.92 Å². The fourth-order valence-corrected chi connectivity index (χ4v) is 1.31. The van der Waals surface area contributed by atoms with E-state index in [1.807, 2.05) is 13.0 Å². The first-order chi connectivity index (χ1) is 6.92. The predicted octanol–water partition coefficient (Wildman–Crippen LogP) is 1.36. The van der Waals surface area contributed by atoms with Gasteiger partial charge in [-0.25, -0.2) is 8.42 Å². The Labute approximate surface area is 90.0 Å². The van der Waals surface area contributed by atoms with Crippen LogP contribution in [0.25, 0.3) is 0 Å². The predicted molar refractivity (Wildman–Crippen MR) is 59.5 cm³/mol. The number of methoxy groups -OCH3 is 1. The molecule has 0 unspecified atom stereocenters. The molecule has 1 rings (SSSR count). The van der Waals surface area contributed by atoms with Crippen LogP contribution in [-0.4, -0.2) is 21.8 Å². The third-order valence-electron chi connectivity index (χ3n) is 1.82. The summed E-state index contributed by atoms with van der Waals surface area (Å²) in [5, 5.41) is 2.20. The van der Waals surface area contributed by atoms with Crippen molar-refractivity contribution >= 4 is 9.84 Å². The number of sulfone groups is 1. The molecule has 15 heavy (non-hydrogen) atoms. The van der Waals surface area contributed by atoms with Crippen LogP contribution in [0.4, 0.5) is 0 Å². The Morgan fingerprint density at radius 1 is 1.33 bits per heavy atom. The highest BCUT2D eigenvalue weighted by Crippen LogP contribution is 2.15. The van der Waals surface area contributed by atoms with Gasteiger partial charge in [0.25, 0.3) is 0 Å². The van der Waals surface area contributed by atoms with Gasteiger partial charge in [0.15, 0.2) is 0 Å². The smallest absolute Gasteiger partial charge is 0.214 e. The number of hydrogen-bond donors (Lipinski definition) is 0. The third-order valence-corrected chi connectivity index (χ3v) is 2.29. The number of aryl methyl sites for hydroxylation is 1. The second-order valence-corrected chi connectivity index (χ2v) is 4.93. The van der Waals surface area contributed by atoms with Gasteiger partial charge in [-0.05, 0) is 30.5 Å². The fraction of sp³-hybridized carbons (Fsp3) is 0.273. The zero-order valence-corrected chi connectivity index (χ0v) is 9.68. The largest absolute Gasteiger partial charge is 0.497 e. The van der Waals surface area contributed by atoms with Crippen molar-refractivity contribution in [2.24, 2.45) is 0 Å². The van der Waals surface area contributed by atoms with Gasteiger partial charge < -0.3 is 4.74 Å². The van der Waals surface area contributed by atoms with Crippen molar-refractivity contribution in [1.29, 1.82) is 0 Å².